The predicted molar refractivity (Wildman–Crippen MR) is 132 cm³/mol. The molecule has 0 unspecified atom stereocenters. The second kappa shape index (κ2) is 9.42. The third-order valence-electron chi connectivity index (χ3n) is 6.09. The lowest BCUT2D eigenvalue weighted by Crippen LogP contribution is -2.28. The zero-order valence-corrected chi connectivity index (χ0v) is 19.4. The molecule has 1 aliphatic rings. The van der Waals surface area contributed by atoms with Gasteiger partial charge in [-0.3, -0.25) is 9.59 Å². The number of nitrogens with one attached hydrogen (secondary N) is 1. The molecular formula is C27H24N4O4. The van der Waals surface area contributed by atoms with Gasteiger partial charge in [0.1, 0.15) is 5.75 Å². The molecule has 1 fully saturated rings. The van der Waals surface area contributed by atoms with E-state index >= 15 is 0 Å². The molecule has 2 heterocycles. The van der Waals surface area contributed by atoms with Crippen molar-refractivity contribution in [1.29, 1.82) is 0 Å². The van der Waals surface area contributed by atoms with E-state index in [-0.39, 0.29) is 24.1 Å². The van der Waals surface area contributed by atoms with Crippen LogP contribution in [-0.2, 0) is 9.59 Å². The SMILES string of the molecule is COc1ccc(-c2noc(-c3ccccc3NC(=O)[C@H]3CC(=O)N(c4ccccc4C)C3)n2)cc1. The van der Waals surface area contributed by atoms with Crippen molar-refractivity contribution >= 4 is 23.2 Å². The van der Waals surface area contributed by atoms with Crippen molar-refractivity contribution in [1.82, 2.24) is 10.1 Å². The lowest BCUT2D eigenvalue weighted by molar-refractivity contribution is -0.122. The number of carbonyl (C=O) groups is 2. The Morgan fingerprint density at radius 1 is 1.06 bits per heavy atom. The molecule has 1 N–H and O–H groups in total. The summed E-state index contributed by atoms with van der Waals surface area (Å²) in [5.41, 5.74) is 3.77. The summed E-state index contributed by atoms with van der Waals surface area (Å²) in [4.78, 5) is 32.0. The first kappa shape index (κ1) is 22.3. The Morgan fingerprint density at radius 2 is 1.80 bits per heavy atom. The van der Waals surface area contributed by atoms with E-state index in [1.165, 1.54) is 0 Å². The summed E-state index contributed by atoms with van der Waals surface area (Å²) in [6.45, 7) is 2.29. The molecule has 0 bridgehead atoms. The number of benzene rings is 3. The second-order valence-electron chi connectivity index (χ2n) is 8.38. The highest BCUT2D eigenvalue weighted by molar-refractivity contribution is 6.04. The minimum absolute atomic E-state index is 0.0613. The maximum absolute atomic E-state index is 13.1. The number of aryl methyl sites for hydroxylation is 1. The third-order valence-corrected chi connectivity index (χ3v) is 6.09. The number of hydrogen-bond donors (Lipinski definition) is 1. The molecule has 3 aromatic carbocycles. The van der Waals surface area contributed by atoms with Gasteiger partial charge in [0.25, 0.3) is 5.89 Å². The zero-order valence-electron chi connectivity index (χ0n) is 19.4. The maximum atomic E-state index is 13.1. The Balaban J connectivity index is 1.34. The summed E-state index contributed by atoms with van der Waals surface area (Å²) in [6.07, 6.45) is 0.157. The van der Waals surface area contributed by atoms with Gasteiger partial charge in [-0.1, -0.05) is 35.5 Å². The van der Waals surface area contributed by atoms with Crippen LogP contribution in [-0.4, -0.2) is 35.6 Å². The third kappa shape index (κ3) is 4.50. The van der Waals surface area contributed by atoms with E-state index in [0.29, 0.717) is 23.6 Å². The molecule has 176 valence electrons. The number of amides is 2. The molecule has 0 saturated carbocycles. The number of nitrogens with zero attached hydrogens (tertiary/aromatic N) is 3. The highest BCUT2D eigenvalue weighted by Gasteiger charge is 2.36. The average molecular weight is 469 g/mol. The topological polar surface area (TPSA) is 97.6 Å². The molecule has 8 heteroatoms. The largest absolute Gasteiger partial charge is 0.497 e. The smallest absolute Gasteiger partial charge is 0.260 e. The number of carbonyl (C=O) groups excluding carboxylic acids is 2. The monoisotopic (exact) mass is 468 g/mol. The summed E-state index contributed by atoms with van der Waals surface area (Å²) in [5, 5.41) is 7.05. The van der Waals surface area contributed by atoms with Crippen molar-refractivity contribution in [2.45, 2.75) is 13.3 Å². The standard InChI is InChI=1S/C27H24N4O4/c1-17-7-3-6-10-23(17)31-16-19(15-24(31)32)26(33)28-22-9-5-4-8-21(22)27-29-25(30-35-27)18-11-13-20(34-2)14-12-18/h3-14,19H,15-16H2,1-2H3,(H,28,33)/t19-/m0/s1. The van der Waals surface area contributed by atoms with Crippen LogP contribution in [0.5, 0.6) is 5.75 Å². The highest BCUT2D eigenvalue weighted by atomic mass is 16.5. The van der Waals surface area contributed by atoms with Crippen molar-refractivity contribution in [2.75, 3.05) is 23.9 Å². The van der Waals surface area contributed by atoms with Crippen LogP contribution in [0.1, 0.15) is 12.0 Å². The Bertz CT molecular complexity index is 1380. The molecule has 2 amide bonds. The van der Waals surface area contributed by atoms with Crippen LogP contribution in [0.25, 0.3) is 22.8 Å². The number of ether oxygens (including phenoxy) is 1. The lowest BCUT2D eigenvalue weighted by atomic mass is 10.1. The first-order valence-corrected chi connectivity index (χ1v) is 11.3. The predicted octanol–water partition coefficient (Wildman–Crippen LogP) is 4.71. The summed E-state index contributed by atoms with van der Waals surface area (Å²) in [7, 11) is 1.61. The van der Waals surface area contributed by atoms with Crippen LogP contribution in [0.15, 0.2) is 77.3 Å². The second-order valence-corrected chi connectivity index (χ2v) is 8.38. The van der Waals surface area contributed by atoms with Crippen molar-refractivity contribution in [2.24, 2.45) is 5.92 Å². The van der Waals surface area contributed by atoms with E-state index in [2.05, 4.69) is 15.5 Å². The first-order valence-electron chi connectivity index (χ1n) is 11.3. The fourth-order valence-electron chi connectivity index (χ4n) is 4.19. The minimum atomic E-state index is -0.465. The lowest BCUT2D eigenvalue weighted by Gasteiger charge is -2.19. The molecule has 0 spiro atoms. The molecule has 5 rings (SSSR count). The van der Waals surface area contributed by atoms with E-state index in [9.17, 15) is 9.59 Å². The van der Waals surface area contributed by atoms with Gasteiger partial charge in [0, 0.05) is 24.2 Å². The fourth-order valence-corrected chi connectivity index (χ4v) is 4.19. The Labute approximate surface area is 202 Å². The van der Waals surface area contributed by atoms with E-state index in [1.807, 2.05) is 67.6 Å². The minimum Gasteiger partial charge on any atom is -0.497 e. The Hall–Kier alpha value is -4.46. The van der Waals surface area contributed by atoms with Crippen LogP contribution in [0.2, 0.25) is 0 Å². The molecular weight excluding hydrogens is 444 g/mol. The summed E-state index contributed by atoms with van der Waals surface area (Å²) < 4.78 is 10.7. The normalized spacial score (nSPS) is 15.3. The van der Waals surface area contributed by atoms with Crippen LogP contribution >= 0.6 is 0 Å². The van der Waals surface area contributed by atoms with Crippen LogP contribution in [0, 0.1) is 12.8 Å². The van der Waals surface area contributed by atoms with Crippen molar-refractivity contribution in [3.8, 4) is 28.6 Å². The zero-order chi connectivity index (χ0) is 24.4. The van der Waals surface area contributed by atoms with Crippen LogP contribution in [0.4, 0.5) is 11.4 Å². The quantitative estimate of drug-likeness (QED) is 0.440. The molecule has 1 atom stereocenters. The van der Waals surface area contributed by atoms with Crippen molar-refractivity contribution in [3.63, 3.8) is 0 Å². The summed E-state index contributed by atoms with van der Waals surface area (Å²) >= 11 is 0. The molecule has 0 radical (unpaired) electrons. The molecule has 0 aliphatic carbocycles. The van der Waals surface area contributed by atoms with Gasteiger partial charge in [-0.15, -0.1) is 0 Å². The molecule has 1 aliphatic heterocycles. The van der Waals surface area contributed by atoms with Crippen molar-refractivity contribution in [3.05, 3.63) is 78.4 Å². The van der Waals surface area contributed by atoms with Crippen LogP contribution < -0.4 is 15.0 Å². The molecule has 35 heavy (non-hydrogen) atoms. The molecule has 1 aromatic heterocycles. The van der Waals surface area contributed by atoms with Gasteiger partial charge in [-0.05, 0) is 55.0 Å². The molecule has 4 aromatic rings. The summed E-state index contributed by atoms with van der Waals surface area (Å²) in [5.74, 6) is 0.699. The van der Waals surface area contributed by atoms with Gasteiger partial charge < -0.3 is 19.5 Å². The molecule has 8 nitrogen and oxygen atoms in total. The highest BCUT2D eigenvalue weighted by Crippen LogP contribution is 2.32. The van der Waals surface area contributed by atoms with E-state index < -0.39 is 5.92 Å². The number of aromatic nitrogens is 2. The van der Waals surface area contributed by atoms with E-state index in [0.717, 1.165) is 22.6 Å². The first-order chi connectivity index (χ1) is 17.0. The van der Waals surface area contributed by atoms with E-state index in [4.69, 9.17) is 9.26 Å². The average Bonchev–Trinajstić information content (AvgIpc) is 3.52. The van der Waals surface area contributed by atoms with Gasteiger partial charge in [0.2, 0.25) is 17.6 Å². The number of methoxy groups -OCH3 is 1. The number of anilines is 2. The number of rotatable bonds is 6. The molecule has 1 saturated heterocycles. The van der Waals surface area contributed by atoms with Crippen LogP contribution in [0.3, 0.4) is 0 Å². The van der Waals surface area contributed by atoms with E-state index in [1.54, 1.807) is 24.1 Å². The van der Waals surface area contributed by atoms with Gasteiger partial charge in [-0.25, -0.2) is 0 Å². The van der Waals surface area contributed by atoms with Gasteiger partial charge in [0.15, 0.2) is 0 Å². The van der Waals surface area contributed by atoms with Gasteiger partial charge >= 0.3 is 0 Å². The van der Waals surface area contributed by atoms with Crippen molar-refractivity contribution < 1.29 is 18.8 Å². The Kier molecular flexibility index (Phi) is 6.01. The van der Waals surface area contributed by atoms with Gasteiger partial charge in [-0.2, -0.15) is 4.98 Å². The number of hydrogen-bond acceptors (Lipinski definition) is 6. The fraction of sp³-hybridized carbons (Fsp3) is 0.185. The summed E-state index contributed by atoms with van der Waals surface area (Å²) in [6, 6.07) is 22.3. The van der Waals surface area contributed by atoms with Gasteiger partial charge in [0.05, 0.1) is 24.3 Å². The maximum Gasteiger partial charge on any atom is 0.260 e. The Morgan fingerprint density at radius 3 is 2.57 bits per heavy atom. The number of para-hydroxylation sites is 2.